The van der Waals surface area contributed by atoms with Crippen LogP contribution in [0.3, 0.4) is 0 Å². The molecule has 0 radical (unpaired) electrons. The summed E-state index contributed by atoms with van der Waals surface area (Å²) < 4.78 is 2.00. The van der Waals surface area contributed by atoms with Gasteiger partial charge in [-0.1, -0.05) is 29.8 Å². The molecule has 27 heavy (non-hydrogen) atoms. The Kier molecular flexibility index (Phi) is 5.11. The van der Waals surface area contributed by atoms with Gasteiger partial charge in [0.2, 0.25) is 0 Å². The molecule has 5 nitrogen and oxygen atoms in total. The van der Waals surface area contributed by atoms with Crippen molar-refractivity contribution in [2.75, 3.05) is 0 Å². The third-order valence-electron chi connectivity index (χ3n) is 4.37. The Morgan fingerprint density at radius 3 is 2.44 bits per heavy atom. The van der Waals surface area contributed by atoms with Gasteiger partial charge in [0.05, 0.1) is 16.6 Å². The van der Waals surface area contributed by atoms with Gasteiger partial charge < -0.3 is 4.57 Å². The van der Waals surface area contributed by atoms with E-state index in [1.54, 1.807) is 18.2 Å². The van der Waals surface area contributed by atoms with Crippen LogP contribution in [-0.4, -0.2) is 9.49 Å². The van der Waals surface area contributed by atoms with E-state index >= 15 is 0 Å². The quantitative estimate of drug-likeness (QED) is 0.331. The summed E-state index contributed by atoms with van der Waals surface area (Å²) in [6.45, 7) is 3.90. The molecular weight excluding hydrogens is 362 g/mol. The Labute approximate surface area is 161 Å². The number of aryl methyl sites for hydroxylation is 1. The van der Waals surface area contributed by atoms with Crippen LogP contribution in [0.25, 0.3) is 17.3 Å². The van der Waals surface area contributed by atoms with Gasteiger partial charge in [-0.3, -0.25) is 10.1 Å². The first-order valence-electron chi connectivity index (χ1n) is 8.23. The summed E-state index contributed by atoms with van der Waals surface area (Å²) in [5, 5.41) is 21.0. The zero-order valence-corrected chi connectivity index (χ0v) is 15.6. The topological polar surface area (TPSA) is 71.9 Å². The molecule has 0 saturated heterocycles. The Bertz CT molecular complexity index is 1090. The van der Waals surface area contributed by atoms with Crippen molar-refractivity contribution in [3.05, 3.63) is 92.2 Å². The van der Waals surface area contributed by atoms with Gasteiger partial charge in [0, 0.05) is 39.8 Å². The van der Waals surface area contributed by atoms with Crippen molar-refractivity contribution >= 4 is 28.9 Å². The lowest BCUT2D eigenvalue weighted by molar-refractivity contribution is -0.384. The molecule has 0 aliphatic heterocycles. The Morgan fingerprint density at radius 1 is 1.19 bits per heavy atom. The lowest BCUT2D eigenvalue weighted by Crippen LogP contribution is -1.99. The van der Waals surface area contributed by atoms with E-state index in [0.29, 0.717) is 16.2 Å². The second-order valence-electron chi connectivity index (χ2n) is 6.09. The fourth-order valence-corrected chi connectivity index (χ4v) is 3.30. The molecule has 0 N–H and O–H groups in total. The molecule has 1 heterocycles. The van der Waals surface area contributed by atoms with Gasteiger partial charge in [-0.05, 0) is 49.8 Å². The molecular formula is C21H16ClN3O2. The summed E-state index contributed by atoms with van der Waals surface area (Å²) in [5.41, 5.74) is 4.82. The standard InChI is InChI=1S/C21H16ClN3O2/c1-14-11-16(12-17(13-23)20-5-3-4-6-21(20)22)15(2)24(14)18-7-9-19(10-8-18)25(26)27/h3-12H,1-2H3/b17-12-. The zero-order chi connectivity index (χ0) is 19.6. The largest absolute Gasteiger partial charge is 0.318 e. The molecule has 0 fully saturated rings. The summed E-state index contributed by atoms with van der Waals surface area (Å²) in [7, 11) is 0. The average Bonchev–Trinajstić information content (AvgIpc) is 2.93. The van der Waals surface area contributed by atoms with Crippen molar-refractivity contribution in [1.29, 1.82) is 5.26 Å². The maximum absolute atomic E-state index is 10.9. The first kappa shape index (κ1) is 18.4. The maximum Gasteiger partial charge on any atom is 0.269 e. The van der Waals surface area contributed by atoms with Gasteiger partial charge in [-0.15, -0.1) is 0 Å². The van der Waals surface area contributed by atoms with Crippen molar-refractivity contribution in [3.8, 4) is 11.8 Å². The van der Waals surface area contributed by atoms with Crippen LogP contribution < -0.4 is 0 Å². The molecule has 0 spiro atoms. The summed E-state index contributed by atoms with van der Waals surface area (Å²) in [5.74, 6) is 0. The average molecular weight is 378 g/mol. The third kappa shape index (κ3) is 3.62. The number of nitrogens with zero attached hydrogens (tertiary/aromatic N) is 3. The number of rotatable bonds is 4. The van der Waals surface area contributed by atoms with Crippen molar-refractivity contribution in [2.24, 2.45) is 0 Å². The minimum absolute atomic E-state index is 0.0480. The van der Waals surface area contributed by atoms with E-state index < -0.39 is 4.92 Å². The highest BCUT2D eigenvalue weighted by Gasteiger charge is 2.13. The predicted molar refractivity (Wildman–Crippen MR) is 107 cm³/mol. The number of nitro groups is 1. The second kappa shape index (κ2) is 7.48. The minimum atomic E-state index is -0.421. The number of benzene rings is 2. The van der Waals surface area contributed by atoms with E-state index in [1.807, 2.05) is 48.8 Å². The molecule has 0 bridgehead atoms. The molecule has 2 aromatic carbocycles. The highest BCUT2D eigenvalue weighted by Crippen LogP contribution is 2.28. The lowest BCUT2D eigenvalue weighted by atomic mass is 10.0. The van der Waals surface area contributed by atoms with Gasteiger partial charge in [0.25, 0.3) is 5.69 Å². The molecule has 0 amide bonds. The van der Waals surface area contributed by atoms with Crippen LogP contribution >= 0.6 is 11.6 Å². The van der Waals surface area contributed by atoms with E-state index in [9.17, 15) is 15.4 Å². The summed E-state index contributed by atoms with van der Waals surface area (Å²) in [6, 6.07) is 17.8. The number of non-ortho nitro benzene ring substituents is 1. The lowest BCUT2D eigenvalue weighted by Gasteiger charge is -2.09. The first-order valence-corrected chi connectivity index (χ1v) is 8.60. The van der Waals surface area contributed by atoms with Crippen LogP contribution in [-0.2, 0) is 0 Å². The molecule has 0 atom stereocenters. The number of hydrogen-bond acceptors (Lipinski definition) is 3. The van der Waals surface area contributed by atoms with Crippen molar-refractivity contribution in [1.82, 2.24) is 4.57 Å². The second-order valence-corrected chi connectivity index (χ2v) is 6.49. The normalized spacial score (nSPS) is 11.3. The summed E-state index contributed by atoms with van der Waals surface area (Å²) in [4.78, 5) is 10.4. The Morgan fingerprint density at radius 2 is 1.85 bits per heavy atom. The fraction of sp³-hybridized carbons (Fsp3) is 0.0952. The number of aromatic nitrogens is 1. The van der Waals surface area contributed by atoms with Crippen LogP contribution in [0.15, 0.2) is 54.6 Å². The van der Waals surface area contributed by atoms with Gasteiger partial charge in [-0.25, -0.2) is 0 Å². The molecule has 3 aromatic rings. The van der Waals surface area contributed by atoms with Crippen molar-refractivity contribution < 1.29 is 4.92 Å². The van der Waals surface area contributed by atoms with Crippen LogP contribution in [0.4, 0.5) is 5.69 Å². The number of nitro benzene ring substituents is 1. The smallest absolute Gasteiger partial charge is 0.269 e. The maximum atomic E-state index is 10.9. The fourth-order valence-electron chi connectivity index (χ4n) is 3.06. The molecule has 0 aliphatic rings. The number of nitriles is 1. The number of allylic oxidation sites excluding steroid dienone is 1. The van der Waals surface area contributed by atoms with E-state index in [-0.39, 0.29) is 5.69 Å². The van der Waals surface area contributed by atoms with Gasteiger partial charge in [0.1, 0.15) is 0 Å². The third-order valence-corrected chi connectivity index (χ3v) is 4.70. The molecule has 134 valence electrons. The van der Waals surface area contributed by atoms with Crippen LogP contribution in [0.5, 0.6) is 0 Å². The highest BCUT2D eigenvalue weighted by molar-refractivity contribution is 6.32. The first-order chi connectivity index (χ1) is 12.9. The molecule has 0 aliphatic carbocycles. The molecule has 0 saturated carbocycles. The zero-order valence-electron chi connectivity index (χ0n) is 14.8. The van der Waals surface area contributed by atoms with Crippen LogP contribution in [0, 0.1) is 35.3 Å². The number of hydrogen-bond donors (Lipinski definition) is 0. The van der Waals surface area contributed by atoms with Gasteiger partial charge in [-0.2, -0.15) is 5.26 Å². The monoisotopic (exact) mass is 377 g/mol. The van der Waals surface area contributed by atoms with E-state index in [0.717, 1.165) is 22.6 Å². The molecule has 1 aromatic heterocycles. The summed E-state index contributed by atoms with van der Waals surface area (Å²) >= 11 is 6.22. The molecule has 6 heteroatoms. The summed E-state index contributed by atoms with van der Waals surface area (Å²) in [6.07, 6.45) is 1.81. The van der Waals surface area contributed by atoms with E-state index in [4.69, 9.17) is 11.6 Å². The van der Waals surface area contributed by atoms with Crippen LogP contribution in [0.1, 0.15) is 22.5 Å². The van der Waals surface area contributed by atoms with Crippen molar-refractivity contribution in [2.45, 2.75) is 13.8 Å². The Balaban J connectivity index is 2.07. The number of halogens is 1. The van der Waals surface area contributed by atoms with Gasteiger partial charge in [0.15, 0.2) is 0 Å². The predicted octanol–water partition coefficient (Wildman–Crippen LogP) is 5.72. The van der Waals surface area contributed by atoms with Crippen molar-refractivity contribution in [3.63, 3.8) is 0 Å². The van der Waals surface area contributed by atoms with E-state index in [2.05, 4.69) is 6.07 Å². The van der Waals surface area contributed by atoms with Crippen LogP contribution in [0.2, 0.25) is 5.02 Å². The SMILES string of the molecule is Cc1cc(/C=C(/C#N)c2ccccc2Cl)c(C)n1-c1ccc([N+](=O)[O-])cc1. The van der Waals surface area contributed by atoms with Gasteiger partial charge >= 0.3 is 0 Å². The van der Waals surface area contributed by atoms with E-state index in [1.165, 1.54) is 12.1 Å². The Hall–Kier alpha value is -3.36. The molecule has 0 unspecified atom stereocenters. The molecule has 3 rings (SSSR count). The minimum Gasteiger partial charge on any atom is -0.318 e. The highest BCUT2D eigenvalue weighted by atomic mass is 35.5.